The number of nitrogens with zero attached hydrogens (tertiary/aromatic N) is 2. The number of aromatic amines is 1. The number of hydrogen-bond donors (Lipinski definition) is 1. The van der Waals surface area contributed by atoms with Gasteiger partial charge in [0, 0.05) is 22.9 Å². The van der Waals surface area contributed by atoms with E-state index in [0.29, 0.717) is 21.3 Å². The number of aromatic nitrogens is 2. The summed E-state index contributed by atoms with van der Waals surface area (Å²) in [6.45, 7) is 0. The van der Waals surface area contributed by atoms with Gasteiger partial charge in [0.2, 0.25) is 0 Å². The zero-order chi connectivity index (χ0) is 15.7. The van der Waals surface area contributed by atoms with Crippen LogP contribution in [0.15, 0.2) is 41.6 Å². The minimum absolute atomic E-state index is 0.0823. The summed E-state index contributed by atoms with van der Waals surface area (Å²) in [7, 11) is 0. The second-order valence-electron chi connectivity index (χ2n) is 4.54. The number of nitro benzene ring substituents is 1. The van der Waals surface area contributed by atoms with Crippen LogP contribution in [0.25, 0.3) is 11.0 Å². The quantitative estimate of drug-likeness (QED) is 0.403. The van der Waals surface area contributed by atoms with Gasteiger partial charge in [0.05, 0.1) is 15.5 Å². The van der Waals surface area contributed by atoms with Gasteiger partial charge in [-0.05, 0) is 17.7 Å². The van der Waals surface area contributed by atoms with Crippen LogP contribution in [-0.2, 0) is 5.75 Å². The van der Waals surface area contributed by atoms with Gasteiger partial charge in [-0.15, -0.1) is 0 Å². The van der Waals surface area contributed by atoms with Crippen molar-refractivity contribution in [1.82, 2.24) is 9.97 Å². The van der Waals surface area contributed by atoms with E-state index in [1.54, 1.807) is 24.3 Å². The van der Waals surface area contributed by atoms with Gasteiger partial charge >= 0.3 is 0 Å². The highest BCUT2D eigenvalue weighted by molar-refractivity contribution is 7.98. The highest BCUT2D eigenvalue weighted by atomic mass is 35.5. The molecule has 0 aliphatic rings. The first-order chi connectivity index (χ1) is 10.5. The number of non-ortho nitro benzene ring substituents is 1. The molecular formula is C14H9Cl2N3O2S. The third-order valence-electron chi connectivity index (χ3n) is 3.01. The van der Waals surface area contributed by atoms with E-state index in [4.69, 9.17) is 23.2 Å². The molecule has 0 amide bonds. The van der Waals surface area contributed by atoms with Crippen LogP contribution in [-0.4, -0.2) is 14.9 Å². The summed E-state index contributed by atoms with van der Waals surface area (Å²) in [6.07, 6.45) is 0. The fraction of sp³-hybridized carbons (Fsp3) is 0.0714. The molecule has 0 aliphatic heterocycles. The number of H-pyrrole nitrogens is 1. The van der Waals surface area contributed by atoms with E-state index in [0.717, 1.165) is 16.2 Å². The van der Waals surface area contributed by atoms with Crippen LogP contribution in [0.2, 0.25) is 10.0 Å². The number of halogens is 2. The second-order valence-corrected chi connectivity index (χ2v) is 6.35. The Morgan fingerprint density at radius 1 is 1.23 bits per heavy atom. The molecule has 2 aromatic carbocycles. The van der Waals surface area contributed by atoms with E-state index in [2.05, 4.69) is 9.97 Å². The summed E-state index contributed by atoms with van der Waals surface area (Å²) < 4.78 is 0. The standard InChI is InChI=1S/C14H9Cl2N3O2S/c15-9-5-11(16)13-12(6-9)17-14(18-13)22-7-8-1-3-10(4-2-8)19(20)21/h1-6H,7H2,(H,17,18). The van der Waals surface area contributed by atoms with Crippen molar-refractivity contribution in [3.63, 3.8) is 0 Å². The van der Waals surface area contributed by atoms with E-state index >= 15 is 0 Å². The van der Waals surface area contributed by atoms with Gasteiger partial charge in [-0.25, -0.2) is 4.98 Å². The van der Waals surface area contributed by atoms with Crippen molar-refractivity contribution in [2.75, 3.05) is 0 Å². The predicted octanol–water partition coefficient (Wildman–Crippen LogP) is 5.07. The molecule has 0 unspecified atom stereocenters. The largest absolute Gasteiger partial charge is 0.333 e. The molecule has 0 radical (unpaired) electrons. The molecule has 3 rings (SSSR count). The van der Waals surface area contributed by atoms with Crippen LogP contribution < -0.4 is 0 Å². The van der Waals surface area contributed by atoms with Gasteiger partial charge in [0.1, 0.15) is 5.52 Å². The summed E-state index contributed by atoms with van der Waals surface area (Å²) in [5.41, 5.74) is 2.51. The van der Waals surface area contributed by atoms with Crippen LogP contribution in [0.1, 0.15) is 5.56 Å². The van der Waals surface area contributed by atoms with E-state index in [-0.39, 0.29) is 5.69 Å². The van der Waals surface area contributed by atoms with E-state index in [1.165, 1.54) is 23.9 Å². The van der Waals surface area contributed by atoms with Gasteiger partial charge < -0.3 is 4.98 Å². The molecule has 0 saturated heterocycles. The number of fused-ring (bicyclic) bond motifs is 1. The van der Waals surface area contributed by atoms with Gasteiger partial charge in [0.15, 0.2) is 5.16 Å². The fourth-order valence-electron chi connectivity index (χ4n) is 1.95. The summed E-state index contributed by atoms with van der Waals surface area (Å²) in [6, 6.07) is 9.87. The number of benzene rings is 2. The number of thioether (sulfide) groups is 1. The first kappa shape index (κ1) is 15.1. The predicted molar refractivity (Wildman–Crippen MR) is 88.8 cm³/mol. The van der Waals surface area contributed by atoms with Crippen LogP contribution >= 0.6 is 35.0 Å². The van der Waals surface area contributed by atoms with Crippen molar-refractivity contribution in [1.29, 1.82) is 0 Å². The Hall–Kier alpha value is -1.76. The Balaban J connectivity index is 1.76. The van der Waals surface area contributed by atoms with Crippen LogP contribution in [0.5, 0.6) is 0 Å². The van der Waals surface area contributed by atoms with Crippen LogP contribution in [0.4, 0.5) is 5.69 Å². The lowest BCUT2D eigenvalue weighted by Crippen LogP contribution is -1.88. The van der Waals surface area contributed by atoms with E-state index in [9.17, 15) is 10.1 Å². The highest BCUT2D eigenvalue weighted by Gasteiger charge is 2.09. The molecule has 0 bridgehead atoms. The van der Waals surface area contributed by atoms with Gasteiger partial charge in [-0.1, -0.05) is 47.1 Å². The molecule has 5 nitrogen and oxygen atoms in total. The van der Waals surface area contributed by atoms with Crippen molar-refractivity contribution in [2.45, 2.75) is 10.9 Å². The lowest BCUT2D eigenvalue weighted by Gasteiger charge is -1.98. The molecule has 0 atom stereocenters. The zero-order valence-electron chi connectivity index (χ0n) is 11.0. The van der Waals surface area contributed by atoms with Crippen LogP contribution in [0, 0.1) is 10.1 Å². The lowest BCUT2D eigenvalue weighted by atomic mass is 10.2. The van der Waals surface area contributed by atoms with Crippen molar-refractivity contribution in [2.24, 2.45) is 0 Å². The summed E-state index contributed by atoms with van der Waals surface area (Å²) >= 11 is 13.5. The maximum Gasteiger partial charge on any atom is 0.269 e. The normalized spacial score (nSPS) is 11.0. The van der Waals surface area contributed by atoms with Crippen molar-refractivity contribution in [3.05, 3.63) is 62.1 Å². The molecule has 1 N–H and O–H groups in total. The van der Waals surface area contributed by atoms with Crippen LogP contribution in [0.3, 0.4) is 0 Å². The molecule has 1 aromatic heterocycles. The molecule has 8 heteroatoms. The van der Waals surface area contributed by atoms with Crippen molar-refractivity contribution < 1.29 is 4.92 Å². The summed E-state index contributed by atoms with van der Waals surface area (Å²) in [5, 5.41) is 12.4. The van der Waals surface area contributed by atoms with E-state index in [1.807, 2.05) is 0 Å². The number of nitro groups is 1. The first-order valence-electron chi connectivity index (χ1n) is 6.24. The SMILES string of the molecule is O=[N+]([O-])c1ccc(CSc2nc3c(Cl)cc(Cl)cc3[nH]2)cc1. The molecule has 0 saturated carbocycles. The number of nitrogens with one attached hydrogen (secondary N) is 1. The Morgan fingerprint density at radius 2 is 1.95 bits per heavy atom. The molecule has 1 heterocycles. The summed E-state index contributed by atoms with van der Waals surface area (Å²) in [5.74, 6) is 0.642. The maximum atomic E-state index is 10.6. The van der Waals surface area contributed by atoms with Crippen molar-refractivity contribution in [3.8, 4) is 0 Å². The fourth-order valence-corrected chi connectivity index (χ4v) is 3.32. The second kappa shape index (κ2) is 6.16. The third kappa shape index (κ3) is 3.19. The summed E-state index contributed by atoms with van der Waals surface area (Å²) in [4.78, 5) is 17.8. The molecule has 0 spiro atoms. The molecule has 22 heavy (non-hydrogen) atoms. The third-order valence-corrected chi connectivity index (χ3v) is 4.46. The molecule has 3 aromatic rings. The minimum atomic E-state index is -0.415. The Kier molecular flexibility index (Phi) is 4.24. The van der Waals surface area contributed by atoms with Gasteiger partial charge in [-0.2, -0.15) is 0 Å². The average Bonchev–Trinajstić information content (AvgIpc) is 2.89. The Morgan fingerprint density at radius 3 is 2.64 bits per heavy atom. The van der Waals surface area contributed by atoms with Crippen molar-refractivity contribution >= 4 is 51.7 Å². The Labute approximate surface area is 139 Å². The lowest BCUT2D eigenvalue weighted by molar-refractivity contribution is -0.384. The smallest absolute Gasteiger partial charge is 0.269 e. The molecule has 0 aliphatic carbocycles. The zero-order valence-corrected chi connectivity index (χ0v) is 13.4. The molecular weight excluding hydrogens is 345 g/mol. The molecule has 112 valence electrons. The van der Waals surface area contributed by atoms with Gasteiger partial charge in [0.25, 0.3) is 5.69 Å². The monoisotopic (exact) mass is 353 g/mol. The topological polar surface area (TPSA) is 71.8 Å². The maximum absolute atomic E-state index is 10.6. The number of hydrogen-bond acceptors (Lipinski definition) is 4. The molecule has 0 fully saturated rings. The first-order valence-corrected chi connectivity index (χ1v) is 7.98. The highest BCUT2D eigenvalue weighted by Crippen LogP contribution is 2.30. The van der Waals surface area contributed by atoms with E-state index < -0.39 is 4.92 Å². The minimum Gasteiger partial charge on any atom is -0.333 e. The number of rotatable bonds is 4. The number of imidazole rings is 1. The Bertz CT molecular complexity index is 849. The average molecular weight is 354 g/mol. The van der Waals surface area contributed by atoms with Gasteiger partial charge in [-0.3, -0.25) is 10.1 Å².